The Morgan fingerprint density at radius 2 is 0.710 bits per heavy atom. The van der Waals surface area contributed by atoms with E-state index in [9.17, 15) is 14.4 Å². The third-order valence-corrected chi connectivity index (χ3v) is 10.4. The Kier molecular flexibility index (Phi) is 47.0. The van der Waals surface area contributed by atoms with Gasteiger partial charge in [0, 0.05) is 19.3 Å². The van der Waals surface area contributed by atoms with E-state index in [4.69, 9.17) is 14.2 Å². The molecule has 0 rings (SSSR count). The summed E-state index contributed by atoms with van der Waals surface area (Å²) in [5.74, 6) is -0.956. The number of allylic oxidation sites excluding steroid dienone is 16. The number of esters is 3. The first-order chi connectivity index (χ1) is 30.5. The number of unbranched alkanes of at least 4 members (excludes halogenated alkanes) is 20. The highest BCUT2D eigenvalue weighted by Crippen LogP contribution is 2.13. The van der Waals surface area contributed by atoms with Gasteiger partial charge in [-0.2, -0.15) is 0 Å². The van der Waals surface area contributed by atoms with Gasteiger partial charge in [0.25, 0.3) is 0 Å². The summed E-state index contributed by atoms with van der Waals surface area (Å²) in [5.41, 5.74) is 0. The number of rotatable bonds is 44. The monoisotopic (exact) mass is 861 g/mol. The lowest BCUT2D eigenvalue weighted by Crippen LogP contribution is -2.30. The van der Waals surface area contributed by atoms with Crippen molar-refractivity contribution in [2.45, 2.75) is 226 Å². The molecule has 0 heterocycles. The van der Waals surface area contributed by atoms with E-state index in [1.165, 1.54) is 51.4 Å². The molecule has 0 N–H and O–H groups in total. The highest BCUT2D eigenvalue weighted by atomic mass is 16.6. The van der Waals surface area contributed by atoms with Crippen LogP contribution in [-0.2, 0) is 28.6 Å². The Hall–Kier alpha value is -3.67. The molecule has 0 aliphatic heterocycles. The van der Waals surface area contributed by atoms with Crippen LogP contribution in [0.15, 0.2) is 97.2 Å². The predicted octanol–water partition coefficient (Wildman–Crippen LogP) is 16.6. The van der Waals surface area contributed by atoms with Crippen LogP contribution in [0.3, 0.4) is 0 Å². The second-order valence-corrected chi connectivity index (χ2v) is 16.4. The normalized spacial score (nSPS) is 12.9. The van der Waals surface area contributed by atoms with E-state index in [0.29, 0.717) is 19.3 Å². The summed E-state index contributed by atoms with van der Waals surface area (Å²) >= 11 is 0. The Morgan fingerprint density at radius 1 is 0.355 bits per heavy atom. The fourth-order valence-corrected chi connectivity index (χ4v) is 6.64. The van der Waals surface area contributed by atoms with E-state index in [-0.39, 0.29) is 31.1 Å². The molecule has 0 aromatic rings. The average Bonchev–Trinajstić information content (AvgIpc) is 3.27. The van der Waals surface area contributed by atoms with Crippen molar-refractivity contribution in [1.29, 1.82) is 0 Å². The summed E-state index contributed by atoms with van der Waals surface area (Å²) in [6.45, 7) is 6.32. The molecule has 352 valence electrons. The predicted molar refractivity (Wildman–Crippen MR) is 265 cm³/mol. The third kappa shape index (κ3) is 47.4. The van der Waals surface area contributed by atoms with Crippen LogP contribution in [0.5, 0.6) is 0 Å². The zero-order valence-corrected chi connectivity index (χ0v) is 40.1. The molecule has 0 radical (unpaired) electrons. The molecule has 0 spiro atoms. The van der Waals surface area contributed by atoms with Crippen molar-refractivity contribution in [3.63, 3.8) is 0 Å². The molecule has 0 saturated carbocycles. The van der Waals surface area contributed by atoms with Gasteiger partial charge in [-0.3, -0.25) is 14.4 Å². The smallest absolute Gasteiger partial charge is 0.306 e. The molecule has 1 atom stereocenters. The van der Waals surface area contributed by atoms with Gasteiger partial charge in [-0.15, -0.1) is 0 Å². The van der Waals surface area contributed by atoms with Gasteiger partial charge in [-0.25, -0.2) is 0 Å². The number of ether oxygens (including phenoxy) is 3. The van der Waals surface area contributed by atoms with Crippen LogP contribution in [0, 0.1) is 0 Å². The fourth-order valence-electron chi connectivity index (χ4n) is 6.64. The maximum Gasteiger partial charge on any atom is 0.306 e. The van der Waals surface area contributed by atoms with Crippen LogP contribution in [0.4, 0.5) is 0 Å². The lowest BCUT2D eigenvalue weighted by atomic mass is 10.1. The van der Waals surface area contributed by atoms with Gasteiger partial charge in [-0.1, -0.05) is 201 Å². The Bertz CT molecular complexity index is 1260. The van der Waals surface area contributed by atoms with Crippen molar-refractivity contribution in [2.24, 2.45) is 0 Å². The van der Waals surface area contributed by atoms with Gasteiger partial charge in [0.2, 0.25) is 0 Å². The zero-order valence-electron chi connectivity index (χ0n) is 40.1. The molecule has 0 aliphatic carbocycles. The number of carbonyl (C=O) groups is 3. The summed E-state index contributed by atoms with van der Waals surface area (Å²) in [6.07, 6.45) is 65.3. The van der Waals surface area contributed by atoms with Crippen LogP contribution in [0.25, 0.3) is 0 Å². The molecule has 1 unspecified atom stereocenters. The number of hydrogen-bond donors (Lipinski definition) is 0. The minimum absolute atomic E-state index is 0.100. The van der Waals surface area contributed by atoms with Crippen LogP contribution >= 0.6 is 0 Å². The zero-order chi connectivity index (χ0) is 45.1. The van der Waals surface area contributed by atoms with Crippen LogP contribution in [0.2, 0.25) is 0 Å². The second-order valence-electron chi connectivity index (χ2n) is 16.4. The second kappa shape index (κ2) is 50.0. The van der Waals surface area contributed by atoms with Crippen molar-refractivity contribution < 1.29 is 28.6 Å². The molecule has 0 aromatic carbocycles. The topological polar surface area (TPSA) is 78.9 Å². The summed E-state index contributed by atoms with van der Waals surface area (Å²) in [7, 11) is 0. The van der Waals surface area contributed by atoms with Crippen molar-refractivity contribution in [2.75, 3.05) is 13.2 Å². The lowest BCUT2D eigenvalue weighted by molar-refractivity contribution is -0.167. The van der Waals surface area contributed by atoms with Gasteiger partial charge < -0.3 is 14.2 Å². The quantitative estimate of drug-likeness (QED) is 0.0200. The lowest BCUT2D eigenvalue weighted by Gasteiger charge is -2.18. The molecule has 0 aromatic heterocycles. The highest BCUT2D eigenvalue weighted by Gasteiger charge is 2.19. The number of carbonyl (C=O) groups excluding carboxylic acids is 3. The first-order valence-electron chi connectivity index (χ1n) is 25.3. The maximum atomic E-state index is 12.8. The van der Waals surface area contributed by atoms with Gasteiger partial charge in [0.15, 0.2) is 6.10 Å². The third-order valence-electron chi connectivity index (χ3n) is 10.4. The molecule has 0 bridgehead atoms. The highest BCUT2D eigenvalue weighted by molar-refractivity contribution is 5.71. The van der Waals surface area contributed by atoms with Crippen molar-refractivity contribution >= 4 is 17.9 Å². The van der Waals surface area contributed by atoms with Gasteiger partial charge in [-0.05, 0) is 96.3 Å². The van der Waals surface area contributed by atoms with Gasteiger partial charge >= 0.3 is 17.9 Å². The van der Waals surface area contributed by atoms with Gasteiger partial charge in [0.05, 0.1) is 0 Å². The first-order valence-corrected chi connectivity index (χ1v) is 25.3. The van der Waals surface area contributed by atoms with E-state index in [0.717, 1.165) is 128 Å². The molecule has 0 fully saturated rings. The average molecular weight is 861 g/mol. The molecule has 0 amide bonds. The summed E-state index contributed by atoms with van der Waals surface area (Å²) in [6, 6.07) is 0. The molecule has 6 nitrogen and oxygen atoms in total. The van der Waals surface area contributed by atoms with Crippen molar-refractivity contribution in [1.82, 2.24) is 0 Å². The fraction of sp³-hybridized carbons (Fsp3) is 0.661. The van der Waals surface area contributed by atoms with Crippen LogP contribution in [-0.4, -0.2) is 37.2 Å². The van der Waals surface area contributed by atoms with Crippen LogP contribution < -0.4 is 0 Å². The van der Waals surface area contributed by atoms with Gasteiger partial charge in [0.1, 0.15) is 13.2 Å². The molecular formula is C56H92O6. The van der Waals surface area contributed by atoms with E-state index < -0.39 is 6.10 Å². The van der Waals surface area contributed by atoms with E-state index >= 15 is 0 Å². The van der Waals surface area contributed by atoms with E-state index in [1.807, 2.05) is 24.3 Å². The van der Waals surface area contributed by atoms with E-state index in [1.54, 1.807) is 0 Å². The minimum atomic E-state index is -0.802. The Labute approximate surface area is 381 Å². The first kappa shape index (κ1) is 58.3. The Morgan fingerprint density at radius 3 is 1.21 bits per heavy atom. The van der Waals surface area contributed by atoms with Crippen LogP contribution in [0.1, 0.15) is 220 Å². The molecule has 0 saturated heterocycles. The van der Waals surface area contributed by atoms with E-state index in [2.05, 4.69) is 93.7 Å². The minimum Gasteiger partial charge on any atom is -0.462 e. The number of hydrogen-bond acceptors (Lipinski definition) is 6. The maximum absolute atomic E-state index is 12.8. The standard InChI is InChI=1S/C56H92O6/c1-4-7-10-13-16-19-22-25-27-29-31-34-37-40-43-46-49-55(58)61-52-53(51-60-54(57)48-45-42-39-36-33-30-24-21-18-15-12-9-6-3)62-56(59)50-47-44-41-38-35-32-28-26-23-20-17-14-11-8-5-2/h7-8,10-11,14,16-17,19-20,23,25-28,30,33,53H,4-6,9,12-13,15,18,21-22,24,29,31-32,34-52H2,1-3H3/b10-7-,11-8-,17-14-,19-16-,23-20-,27-25-,28-26-,33-30-. The summed E-state index contributed by atoms with van der Waals surface area (Å²) in [4.78, 5) is 38.0. The van der Waals surface area contributed by atoms with Crippen molar-refractivity contribution in [3.8, 4) is 0 Å². The Balaban J connectivity index is 4.48. The van der Waals surface area contributed by atoms with Crippen molar-refractivity contribution in [3.05, 3.63) is 97.2 Å². The molecule has 6 heteroatoms. The largest absolute Gasteiger partial charge is 0.462 e. The summed E-state index contributed by atoms with van der Waals surface area (Å²) < 4.78 is 16.7. The molecular weight excluding hydrogens is 769 g/mol. The molecule has 62 heavy (non-hydrogen) atoms. The molecule has 0 aliphatic rings. The SMILES string of the molecule is CC\C=C/C=C\C=C/C=C\CCCCCCCC(=O)OC(COC(=O)CCCCC/C=C\CCCCCCCC)COC(=O)CCCCCCCC/C=C\C/C=C\C/C=C\CC. The summed E-state index contributed by atoms with van der Waals surface area (Å²) in [5, 5.41) is 0.